The van der Waals surface area contributed by atoms with Crippen LogP contribution in [0.4, 0.5) is 14.5 Å². The third kappa shape index (κ3) is 5.01. The summed E-state index contributed by atoms with van der Waals surface area (Å²) in [4.78, 5) is 27.2. The third-order valence-electron chi connectivity index (χ3n) is 5.04. The number of alkyl halides is 2. The smallest absolute Gasteiger partial charge is 0.387 e. The second-order valence-electron chi connectivity index (χ2n) is 6.95. The van der Waals surface area contributed by atoms with E-state index >= 15 is 0 Å². The first kappa shape index (κ1) is 26.2. The number of allylic oxidation sites excluding steroid dienone is 1. The average molecular weight is 613 g/mol. The molecular weight excluding hydrogens is 596 g/mol. The summed E-state index contributed by atoms with van der Waals surface area (Å²) in [5.74, 6) is -3.77. The highest BCUT2D eigenvalue weighted by molar-refractivity contribution is 9.11. The molecule has 12 heteroatoms. The number of anilines is 1. The van der Waals surface area contributed by atoms with Gasteiger partial charge in [-0.3, -0.25) is 4.90 Å². The lowest BCUT2D eigenvalue weighted by atomic mass is 9.81. The Kier molecular flexibility index (Phi) is 8.14. The van der Waals surface area contributed by atoms with Gasteiger partial charge in [-0.05, 0) is 33.6 Å². The lowest BCUT2D eigenvalue weighted by Crippen LogP contribution is -2.41. The minimum absolute atomic E-state index is 0.123. The summed E-state index contributed by atoms with van der Waals surface area (Å²) in [5, 5.41) is 10.1. The molecule has 1 unspecified atom stereocenters. The highest BCUT2D eigenvalue weighted by Crippen LogP contribution is 2.48. The molecule has 1 aliphatic rings. The van der Waals surface area contributed by atoms with Gasteiger partial charge in [-0.1, -0.05) is 46.3 Å². The lowest BCUT2D eigenvalue weighted by Gasteiger charge is -2.36. The van der Waals surface area contributed by atoms with E-state index in [1.165, 1.54) is 12.1 Å². The minimum Gasteiger partial charge on any atom is -0.466 e. The van der Waals surface area contributed by atoms with Gasteiger partial charge in [0.1, 0.15) is 17.2 Å². The first-order chi connectivity index (χ1) is 16.7. The maximum absolute atomic E-state index is 13.3. The second kappa shape index (κ2) is 10.9. The van der Waals surface area contributed by atoms with Crippen molar-refractivity contribution in [3.05, 3.63) is 79.6 Å². The molecule has 2 N–H and O–H groups in total. The van der Waals surface area contributed by atoms with Crippen molar-refractivity contribution in [3.63, 3.8) is 0 Å². The van der Waals surface area contributed by atoms with Gasteiger partial charge in [0.15, 0.2) is 5.75 Å². The number of ether oxygens (including phenoxy) is 3. The number of hydrogen-bond acceptors (Lipinski definition) is 8. The predicted octanol–water partition coefficient (Wildman–Crippen LogP) is 4.71. The van der Waals surface area contributed by atoms with Gasteiger partial charge in [0.25, 0.3) is 0 Å². The zero-order chi connectivity index (χ0) is 25.9. The molecule has 0 saturated heterocycles. The molecule has 1 aliphatic heterocycles. The van der Waals surface area contributed by atoms with Gasteiger partial charge in [0.05, 0.1) is 37.4 Å². The summed E-state index contributed by atoms with van der Waals surface area (Å²) >= 11 is 6.48. The lowest BCUT2D eigenvalue weighted by molar-refractivity contribution is -0.139. The summed E-state index contributed by atoms with van der Waals surface area (Å²) in [5.41, 5.74) is 5.89. The number of nitrogens with two attached hydrogens (primary N) is 1. The van der Waals surface area contributed by atoms with E-state index in [1.54, 1.807) is 30.3 Å². The van der Waals surface area contributed by atoms with E-state index in [-0.39, 0.29) is 27.1 Å². The van der Waals surface area contributed by atoms with Gasteiger partial charge in [0, 0.05) is 8.95 Å². The Morgan fingerprint density at radius 1 is 1.11 bits per heavy atom. The summed E-state index contributed by atoms with van der Waals surface area (Å²) in [6.07, 6.45) is 0. The Bertz CT molecular complexity index is 1280. The van der Waals surface area contributed by atoms with Crippen molar-refractivity contribution < 1.29 is 32.6 Å². The van der Waals surface area contributed by atoms with Crippen LogP contribution in [0, 0.1) is 11.3 Å². The number of benzene rings is 2. The molecule has 2 aromatic rings. The van der Waals surface area contributed by atoms with Crippen LogP contribution in [0.15, 0.2) is 74.1 Å². The Morgan fingerprint density at radius 2 is 1.74 bits per heavy atom. The largest absolute Gasteiger partial charge is 0.466 e. The van der Waals surface area contributed by atoms with Crippen LogP contribution in [0.5, 0.6) is 5.75 Å². The Labute approximate surface area is 215 Å². The highest BCUT2D eigenvalue weighted by atomic mass is 79.9. The normalized spacial score (nSPS) is 15.7. The van der Waals surface area contributed by atoms with E-state index in [2.05, 4.69) is 36.6 Å². The first-order valence-electron chi connectivity index (χ1n) is 9.75. The molecule has 3 rings (SSSR count). The quantitative estimate of drug-likeness (QED) is 0.467. The number of carbonyl (C=O) groups is 2. The van der Waals surface area contributed by atoms with Gasteiger partial charge in [-0.2, -0.15) is 14.0 Å². The molecule has 0 spiro atoms. The molecule has 0 amide bonds. The molecule has 0 aliphatic carbocycles. The van der Waals surface area contributed by atoms with Crippen LogP contribution in [0.3, 0.4) is 0 Å². The zero-order valence-electron chi connectivity index (χ0n) is 18.2. The van der Waals surface area contributed by atoms with Gasteiger partial charge < -0.3 is 19.9 Å². The van der Waals surface area contributed by atoms with Crippen LogP contribution in [-0.2, 0) is 19.1 Å². The van der Waals surface area contributed by atoms with Crippen molar-refractivity contribution in [2.75, 3.05) is 19.1 Å². The maximum atomic E-state index is 13.3. The Balaban J connectivity index is 2.49. The van der Waals surface area contributed by atoms with E-state index in [0.717, 1.165) is 19.1 Å². The topological polar surface area (TPSA) is 115 Å². The van der Waals surface area contributed by atoms with Crippen molar-refractivity contribution in [1.29, 1.82) is 5.26 Å². The van der Waals surface area contributed by atoms with E-state index in [0.29, 0.717) is 10.0 Å². The number of nitrogens with zero attached hydrogens (tertiary/aromatic N) is 2. The molecule has 0 saturated carbocycles. The summed E-state index contributed by atoms with van der Waals surface area (Å²) < 4.78 is 41.7. The molecule has 0 radical (unpaired) electrons. The van der Waals surface area contributed by atoms with Crippen molar-refractivity contribution in [3.8, 4) is 11.8 Å². The maximum Gasteiger partial charge on any atom is 0.387 e. The van der Waals surface area contributed by atoms with E-state index in [1.807, 2.05) is 6.07 Å². The highest BCUT2D eigenvalue weighted by Gasteiger charge is 2.44. The number of esters is 2. The number of hydrogen-bond donors (Lipinski definition) is 1. The third-order valence-corrected chi connectivity index (χ3v) is 6.11. The Morgan fingerprint density at radius 3 is 2.29 bits per heavy atom. The molecule has 0 fully saturated rings. The average Bonchev–Trinajstić information content (AvgIpc) is 2.82. The van der Waals surface area contributed by atoms with Crippen LogP contribution in [0.1, 0.15) is 11.5 Å². The summed E-state index contributed by atoms with van der Waals surface area (Å²) in [7, 11) is 2.18. The summed E-state index contributed by atoms with van der Waals surface area (Å²) in [6, 6.07) is 13.1. The van der Waals surface area contributed by atoms with Crippen LogP contribution < -0.4 is 15.4 Å². The van der Waals surface area contributed by atoms with Crippen LogP contribution >= 0.6 is 31.9 Å². The van der Waals surface area contributed by atoms with Crippen molar-refractivity contribution in [2.24, 2.45) is 5.73 Å². The van der Waals surface area contributed by atoms with Crippen molar-refractivity contribution in [2.45, 2.75) is 12.5 Å². The van der Waals surface area contributed by atoms with Crippen molar-refractivity contribution in [1.82, 2.24) is 0 Å². The van der Waals surface area contributed by atoms with Gasteiger partial charge in [0.2, 0.25) is 0 Å². The van der Waals surface area contributed by atoms with E-state index < -0.39 is 35.9 Å². The van der Waals surface area contributed by atoms with E-state index in [4.69, 9.17) is 15.2 Å². The molecule has 0 aromatic heterocycles. The standard InChI is InChI=1S/C23H17Br2F2N3O5/c1-33-21(31)17-16(11-6-4-3-5-7-11)13(10-28)20(29)30(19(17)22(32)34-2)18-14(25)8-12(24)9-15(18)35-23(26)27/h3-9,16,23H,29H2,1-2H3. The van der Waals surface area contributed by atoms with Crippen LogP contribution in [-0.4, -0.2) is 32.8 Å². The van der Waals surface area contributed by atoms with Gasteiger partial charge in [-0.25, -0.2) is 9.59 Å². The molecule has 35 heavy (non-hydrogen) atoms. The number of halogens is 4. The number of nitriles is 1. The molecular formula is C23H17Br2F2N3O5. The van der Waals surface area contributed by atoms with Crippen LogP contribution in [0.2, 0.25) is 0 Å². The molecule has 2 aromatic carbocycles. The zero-order valence-corrected chi connectivity index (χ0v) is 21.4. The summed E-state index contributed by atoms with van der Waals surface area (Å²) in [6.45, 7) is -3.23. The number of carbonyl (C=O) groups excluding carboxylic acids is 2. The van der Waals surface area contributed by atoms with Gasteiger partial charge >= 0.3 is 18.6 Å². The van der Waals surface area contributed by atoms with Crippen molar-refractivity contribution >= 4 is 49.5 Å². The Hall–Kier alpha value is -3.43. The second-order valence-corrected chi connectivity index (χ2v) is 8.72. The fraction of sp³-hybridized carbons (Fsp3) is 0.174. The molecule has 1 heterocycles. The minimum atomic E-state index is -3.23. The molecule has 0 bridgehead atoms. The molecule has 1 atom stereocenters. The predicted molar refractivity (Wildman–Crippen MR) is 128 cm³/mol. The molecule has 8 nitrogen and oxygen atoms in total. The van der Waals surface area contributed by atoms with Crippen LogP contribution in [0.25, 0.3) is 0 Å². The van der Waals surface area contributed by atoms with E-state index in [9.17, 15) is 23.6 Å². The number of rotatable bonds is 6. The molecule has 182 valence electrons. The SMILES string of the molecule is COC(=O)C1=C(C(=O)OC)N(c2c(Br)cc(Br)cc2OC(F)F)C(N)=C(C#N)C1c1ccccc1. The monoisotopic (exact) mass is 611 g/mol. The fourth-order valence-electron chi connectivity index (χ4n) is 3.69. The van der Waals surface area contributed by atoms with Gasteiger partial charge in [-0.15, -0.1) is 0 Å². The number of methoxy groups -OCH3 is 2. The fourth-order valence-corrected chi connectivity index (χ4v) is 5.05. The first-order valence-corrected chi connectivity index (χ1v) is 11.3.